The Morgan fingerprint density at radius 1 is 0.778 bits per heavy atom. The summed E-state index contributed by atoms with van der Waals surface area (Å²) in [5.41, 5.74) is 1.26. The second-order valence-electron chi connectivity index (χ2n) is 24.1. The second kappa shape index (κ2) is 24.2. The number of allylic oxidation sites excluding steroid dienone is 3. The first-order valence-electron chi connectivity index (χ1n) is 24.1. The molecular weight excluding hydrogens is 837 g/mol. The van der Waals surface area contributed by atoms with Crippen LogP contribution in [0.2, 0.25) is 54.4 Å². The van der Waals surface area contributed by atoms with Crippen LogP contribution >= 0.6 is 0 Å². The van der Waals surface area contributed by atoms with E-state index in [1.165, 1.54) is 5.57 Å². The van der Waals surface area contributed by atoms with Crippen molar-refractivity contribution in [1.82, 2.24) is 0 Å². The lowest BCUT2D eigenvalue weighted by molar-refractivity contribution is -0.177. The molecule has 0 saturated carbocycles. The molecule has 1 fully saturated rings. The Kier molecular flexibility index (Phi) is 23.0. The van der Waals surface area contributed by atoms with Gasteiger partial charge in [0.15, 0.2) is 25.0 Å². The lowest BCUT2D eigenvalue weighted by atomic mass is 9.81. The zero-order valence-corrected chi connectivity index (χ0v) is 48.1. The van der Waals surface area contributed by atoms with Crippen LogP contribution in [0, 0.1) is 41.4 Å². The predicted octanol–water partition coefficient (Wildman–Crippen LogP) is 13.9. The first-order chi connectivity index (χ1) is 28.5. The number of rotatable bonds is 24. The number of hydrogen-bond donors (Lipinski definition) is 1. The van der Waals surface area contributed by atoms with Crippen LogP contribution < -0.4 is 0 Å². The number of methoxy groups -OCH3 is 1. The fraction of sp³-hybridized carbons (Fsp3) is 0.827. The summed E-state index contributed by atoms with van der Waals surface area (Å²) in [5, 5.41) is 11.6. The molecule has 1 saturated heterocycles. The van der Waals surface area contributed by atoms with Gasteiger partial charge in [-0.25, -0.2) is 0 Å². The van der Waals surface area contributed by atoms with Crippen molar-refractivity contribution in [1.29, 1.82) is 0 Å². The fourth-order valence-corrected chi connectivity index (χ4v) is 12.2. The summed E-state index contributed by atoms with van der Waals surface area (Å²) < 4.78 is 39.5. The number of carbonyl (C=O) groups excluding carboxylic acids is 1. The van der Waals surface area contributed by atoms with Gasteiger partial charge in [-0.05, 0) is 80.6 Å². The highest BCUT2D eigenvalue weighted by Gasteiger charge is 2.49. The third-order valence-electron chi connectivity index (χ3n) is 15.4. The van der Waals surface area contributed by atoms with Gasteiger partial charge in [-0.2, -0.15) is 0 Å². The molecule has 1 N–H and O–H groups in total. The lowest BCUT2D eigenvalue weighted by Crippen LogP contribution is -2.55. The topological polar surface area (TPSA) is 92.7 Å². The summed E-state index contributed by atoms with van der Waals surface area (Å²) >= 11 is 0. The maximum Gasteiger partial charge on any atom is 0.311 e. The molecule has 0 amide bonds. The van der Waals surface area contributed by atoms with E-state index in [1.54, 1.807) is 13.2 Å². The molecule has 0 aromatic heterocycles. The summed E-state index contributed by atoms with van der Waals surface area (Å²) in [5.74, 6) is -0.389. The minimum Gasteiger partial charge on any atom is -0.462 e. The molecule has 368 valence electrons. The van der Waals surface area contributed by atoms with E-state index in [-0.39, 0.29) is 99.8 Å². The van der Waals surface area contributed by atoms with Crippen LogP contribution in [0.1, 0.15) is 131 Å². The number of cyclic esters (lactones) is 1. The van der Waals surface area contributed by atoms with Crippen LogP contribution in [0.3, 0.4) is 0 Å². The Balaban J connectivity index is 3.56. The average Bonchev–Trinajstić information content (AvgIpc) is 3.13. The molecule has 0 spiro atoms. The number of ether oxygens (including phenoxy) is 3. The van der Waals surface area contributed by atoms with Crippen LogP contribution in [0.4, 0.5) is 0 Å². The lowest BCUT2D eigenvalue weighted by Gasteiger charge is -2.47. The molecular formula is C52H100O8Si3. The molecule has 63 heavy (non-hydrogen) atoms. The Morgan fingerprint density at radius 2 is 1.30 bits per heavy atom. The number of hydrogen-bond acceptors (Lipinski definition) is 8. The largest absolute Gasteiger partial charge is 0.462 e. The molecule has 0 radical (unpaired) electrons. The zero-order valence-electron chi connectivity index (χ0n) is 45.1. The highest BCUT2D eigenvalue weighted by atomic mass is 28.4. The van der Waals surface area contributed by atoms with Gasteiger partial charge in [0.1, 0.15) is 12.9 Å². The van der Waals surface area contributed by atoms with E-state index in [0.29, 0.717) is 6.42 Å². The van der Waals surface area contributed by atoms with Crippen LogP contribution in [0.5, 0.6) is 0 Å². The standard InChI is InChI=1S/C52H100O8Si3/c1-26-27-28-36(3)45(53)41(8)47(59-62(22,23)51(13,14)15)39(6)32-35(2)31-38(5)46(56-34-55-19)37(4)29-30-43(58-61(20,21)50(10,11)12)33-44-40(7)48(42(9)49(54)57-44)60-63(24,25)52(16,17)18/h26-31,36-48,53H,1,32-34H2,2-25H3/b28-27-,30-29-,35-31-/t36-,37-,38+,39-,40+,41-,42-,43+,44+,45+,46-,47+,48+/m0/s1. The van der Waals surface area contributed by atoms with E-state index in [0.717, 1.165) is 6.42 Å². The van der Waals surface area contributed by atoms with E-state index in [9.17, 15) is 9.90 Å². The Hall–Kier alpha value is -1.16. The molecule has 1 aliphatic heterocycles. The van der Waals surface area contributed by atoms with Crippen LogP contribution in [-0.2, 0) is 32.3 Å². The molecule has 1 rings (SSSR count). The normalized spacial score (nSPS) is 24.7. The van der Waals surface area contributed by atoms with Crippen molar-refractivity contribution in [3.8, 4) is 0 Å². The summed E-state index contributed by atoms with van der Waals surface area (Å²) in [6.45, 7) is 55.2. The van der Waals surface area contributed by atoms with Crippen molar-refractivity contribution < 1.29 is 37.4 Å². The quantitative estimate of drug-likeness (QED) is 0.0336. The van der Waals surface area contributed by atoms with Crippen molar-refractivity contribution in [2.45, 2.75) is 222 Å². The SMILES string of the molecule is C=C/C=C\[C@H](C)[C@@H](O)[C@H](C)[C@H](O[Si](C)(C)C(C)(C)C)[C@@H](C)C/C(C)=C\[C@@H](C)[C@@H](OCOC)[C@@H](C)/C=C\[C@H](C[C@H]1OC(=O)[C@@H](C)[C@H](O[Si](C)(C)C(C)(C)C)[C@@H]1C)O[Si](C)(C)C(C)(C)C. The van der Waals surface area contributed by atoms with Gasteiger partial charge in [0.2, 0.25) is 0 Å². The van der Waals surface area contributed by atoms with E-state index >= 15 is 0 Å². The monoisotopic (exact) mass is 937 g/mol. The first-order valence-corrected chi connectivity index (χ1v) is 32.9. The van der Waals surface area contributed by atoms with Gasteiger partial charge in [0.25, 0.3) is 0 Å². The molecule has 1 aliphatic rings. The zero-order chi connectivity index (χ0) is 49.3. The third-order valence-corrected chi connectivity index (χ3v) is 28.8. The van der Waals surface area contributed by atoms with Gasteiger partial charge in [-0.1, -0.05) is 152 Å². The minimum absolute atomic E-state index is 0.00657. The number of carbonyl (C=O) groups is 1. The van der Waals surface area contributed by atoms with Crippen LogP contribution in [0.25, 0.3) is 0 Å². The Morgan fingerprint density at radius 3 is 1.79 bits per heavy atom. The summed E-state index contributed by atoms with van der Waals surface area (Å²) in [6, 6.07) is 0. The summed E-state index contributed by atoms with van der Waals surface area (Å²) in [6.07, 6.45) is 12.2. The average molecular weight is 938 g/mol. The number of aliphatic hydroxyl groups excluding tert-OH is 1. The molecule has 1 heterocycles. The maximum atomic E-state index is 13.5. The predicted molar refractivity (Wildman–Crippen MR) is 274 cm³/mol. The van der Waals surface area contributed by atoms with E-state index in [1.807, 2.05) is 19.1 Å². The van der Waals surface area contributed by atoms with Crippen molar-refractivity contribution in [3.05, 3.63) is 48.6 Å². The second-order valence-corrected chi connectivity index (χ2v) is 38.4. The highest BCUT2D eigenvalue weighted by Crippen LogP contribution is 2.44. The van der Waals surface area contributed by atoms with Crippen molar-refractivity contribution >= 4 is 30.9 Å². The first kappa shape index (κ1) is 59.9. The Bertz CT molecular complexity index is 1500. The smallest absolute Gasteiger partial charge is 0.311 e. The molecule has 0 aromatic carbocycles. The minimum atomic E-state index is -2.24. The van der Waals surface area contributed by atoms with Crippen LogP contribution in [-0.4, -0.2) is 86.6 Å². The van der Waals surface area contributed by atoms with E-state index in [4.69, 9.17) is 27.5 Å². The van der Waals surface area contributed by atoms with Crippen LogP contribution in [0.15, 0.2) is 48.6 Å². The van der Waals surface area contributed by atoms with Crippen molar-refractivity contribution in [2.24, 2.45) is 41.4 Å². The maximum absolute atomic E-state index is 13.5. The molecule has 8 nitrogen and oxygen atoms in total. The molecule has 0 aromatic rings. The van der Waals surface area contributed by atoms with E-state index < -0.39 is 31.1 Å². The molecule has 0 bridgehead atoms. The van der Waals surface area contributed by atoms with Gasteiger partial charge < -0.3 is 32.6 Å². The van der Waals surface area contributed by atoms with Crippen molar-refractivity contribution in [2.75, 3.05) is 13.9 Å². The molecule has 0 unspecified atom stereocenters. The number of esters is 1. The molecule has 0 aliphatic carbocycles. The van der Waals surface area contributed by atoms with Gasteiger partial charge >= 0.3 is 5.97 Å². The van der Waals surface area contributed by atoms with Gasteiger partial charge in [0, 0.05) is 43.1 Å². The fourth-order valence-electron chi connectivity index (χ4n) is 7.98. The molecule has 11 heteroatoms. The number of aliphatic hydroxyl groups is 1. The van der Waals surface area contributed by atoms with Gasteiger partial charge in [-0.3, -0.25) is 4.79 Å². The third kappa shape index (κ3) is 17.5. The summed E-state index contributed by atoms with van der Waals surface area (Å²) in [4.78, 5) is 13.5. The molecule has 13 atom stereocenters. The van der Waals surface area contributed by atoms with Gasteiger partial charge in [0.05, 0.1) is 36.4 Å². The highest BCUT2D eigenvalue weighted by molar-refractivity contribution is 6.75. The summed E-state index contributed by atoms with van der Waals surface area (Å²) in [7, 11) is -4.90. The van der Waals surface area contributed by atoms with Gasteiger partial charge in [-0.15, -0.1) is 0 Å². The van der Waals surface area contributed by atoms with E-state index in [2.05, 4.69) is 175 Å². The van der Waals surface area contributed by atoms with Crippen molar-refractivity contribution in [3.63, 3.8) is 0 Å². The Labute approximate surface area is 392 Å².